The minimum absolute atomic E-state index is 0. The molecule has 0 unspecified atom stereocenters. The first-order valence-electron chi connectivity index (χ1n) is 5.02. The Morgan fingerprint density at radius 2 is 1.52 bits per heavy atom. The Labute approximate surface area is 133 Å². The Balaban J connectivity index is 0.00000220. The molecule has 0 aliphatic rings. The first-order valence-corrected chi connectivity index (χ1v) is 7.90. The number of anilines is 1. The van der Waals surface area contributed by atoms with Gasteiger partial charge in [-0.05, 0) is 12.1 Å². The molecule has 110 valence electrons. The second kappa shape index (κ2) is 5.49. The molecule has 5 N–H and O–H groups in total. The van der Waals surface area contributed by atoms with E-state index in [9.17, 15) is 21.9 Å². The number of hydrogen-bond acceptors (Lipinski definition) is 6. The van der Waals surface area contributed by atoms with Gasteiger partial charge in [-0.15, -0.1) is 0 Å². The summed E-state index contributed by atoms with van der Waals surface area (Å²) in [6, 6.07) is 4.20. The molecule has 0 saturated heterocycles. The Kier molecular flexibility index (Phi) is 4.64. The molecule has 0 spiro atoms. The molecule has 2 aromatic rings. The maximum absolute atomic E-state index is 11.3. The van der Waals surface area contributed by atoms with E-state index in [2.05, 4.69) is 0 Å². The Morgan fingerprint density at radius 3 is 2.00 bits per heavy atom. The second-order valence-electron chi connectivity index (χ2n) is 3.94. The van der Waals surface area contributed by atoms with Gasteiger partial charge in [-0.3, -0.25) is 9.11 Å². The van der Waals surface area contributed by atoms with Crippen LogP contribution in [0, 0.1) is 0 Å². The van der Waals surface area contributed by atoms with Crippen molar-refractivity contribution in [1.82, 2.24) is 0 Å². The van der Waals surface area contributed by atoms with Crippen molar-refractivity contribution in [2.75, 3.05) is 5.73 Å². The molecule has 0 amide bonds. The number of phenolic OH excluding ortho intramolecular Hbond substituents is 1. The van der Waals surface area contributed by atoms with Gasteiger partial charge in [-0.25, -0.2) is 0 Å². The molecule has 0 aliphatic heterocycles. The second-order valence-corrected chi connectivity index (χ2v) is 6.72. The van der Waals surface area contributed by atoms with E-state index in [0.717, 1.165) is 6.07 Å². The van der Waals surface area contributed by atoms with Crippen LogP contribution < -0.4 is 24.6 Å². The first kappa shape index (κ1) is 17.8. The van der Waals surface area contributed by atoms with Crippen molar-refractivity contribution >= 4 is 36.7 Å². The van der Waals surface area contributed by atoms with Crippen LogP contribution in [-0.4, -0.2) is 31.0 Å². The summed E-state index contributed by atoms with van der Waals surface area (Å²) in [5.41, 5.74) is 5.02. The number of rotatable bonds is 2. The topological polar surface area (TPSA) is 155 Å². The molecule has 0 heterocycles. The van der Waals surface area contributed by atoms with Gasteiger partial charge in [-0.2, -0.15) is 16.8 Å². The standard InChI is InChI=1S/C10H9NO7S2.Li.H/c11-10-8(20(16,17)18)4-7(19(13,14)15)5-2-1-3-6(12)9(5)10;;/h1-4,12H,11H2,(H,13,14,15)(H,16,17,18);;/q;+1;-1. The largest absolute Gasteiger partial charge is 1.00 e. The van der Waals surface area contributed by atoms with Gasteiger partial charge in [0, 0.05) is 10.8 Å². The summed E-state index contributed by atoms with van der Waals surface area (Å²) < 4.78 is 63.2. The third-order valence-electron chi connectivity index (χ3n) is 2.66. The molecule has 2 aromatic carbocycles. The number of hydrogen-bond donors (Lipinski definition) is 4. The van der Waals surface area contributed by atoms with Crippen molar-refractivity contribution in [3.05, 3.63) is 24.3 Å². The number of benzene rings is 2. The molecule has 21 heavy (non-hydrogen) atoms. The summed E-state index contributed by atoms with van der Waals surface area (Å²) in [6.07, 6.45) is 0. The number of aromatic hydroxyl groups is 1. The van der Waals surface area contributed by atoms with Crippen molar-refractivity contribution in [3.8, 4) is 5.75 Å². The molecule has 8 nitrogen and oxygen atoms in total. The average Bonchev–Trinajstić information content (AvgIpc) is 2.25. The van der Waals surface area contributed by atoms with E-state index >= 15 is 0 Å². The van der Waals surface area contributed by atoms with Crippen molar-refractivity contribution in [2.45, 2.75) is 9.79 Å². The van der Waals surface area contributed by atoms with E-state index in [1.54, 1.807) is 0 Å². The monoisotopic (exact) mass is 327 g/mol. The number of phenols is 1. The molecule has 0 aromatic heterocycles. The Morgan fingerprint density at radius 1 is 1.00 bits per heavy atom. The summed E-state index contributed by atoms with van der Waals surface area (Å²) in [6.45, 7) is 0. The Bertz CT molecular complexity index is 928. The van der Waals surface area contributed by atoms with Crippen LogP contribution in [0.2, 0.25) is 0 Å². The van der Waals surface area contributed by atoms with Gasteiger partial charge >= 0.3 is 18.9 Å². The zero-order valence-electron chi connectivity index (χ0n) is 11.7. The van der Waals surface area contributed by atoms with Crippen LogP contribution in [0.15, 0.2) is 34.1 Å². The van der Waals surface area contributed by atoms with Gasteiger partial charge in [0.1, 0.15) is 15.5 Å². The van der Waals surface area contributed by atoms with Gasteiger partial charge in [0.2, 0.25) is 0 Å². The first-order chi connectivity index (χ1) is 9.03. The third kappa shape index (κ3) is 3.16. The normalized spacial score (nSPS) is 12.1. The molecule has 0 fully saturated rings. The van der Waals surface area contributed by atoms with Crippen molar-refractivity contribution in [3.63, 3.8) is 0 Å². The van der Waals surface area contributed by atoms with Gasteiger partial charge in [0.25, 0.3) is 20.2 Å². The summed E-state index contributed by atoms with van der Waals surface area (Å²) in [5, 5.41) is 9.23. The minimum Gasteiger partial charge on any atom is -1.00 e. The fraction of sp³-hybridized carbons (Fsp3) is 0. The van der Waals surface area contributed by atoms with Crippen LogP contribution in [0.1, 0.15) is 1.43 Å². The maximum atomic E-state index is 11.3. The maximum Gasteiger partial charge on any atom is 1.00 e. The van der Waals surface area contributed by atoms with Gasteiger partial charge in [-0.1, -0.05) is 12.1 Å². The van der Waals surface area contributed by atoms with E-state index in [1.807, 2.05) is 0 Å². The Hall–Kier alpha value is -1.28. The number of nitrogens with two attached hydrogens (primary N) is 1. The number of fused-ring (bicyclic) bond motifs is 1. The fourth-order valence-corrected chi connectivity index (χ4v) is 3.29. The molecule has 2 rings (SSSR count). The van der Waals surface area contributed by atoms with E-state index in [0.29, 0.717) is 6.07 Å². The van der Waals surface area contributed by atoms with Crippen LogP contribution in [0.5, 0.6) is 5.75 Å². The quantitative estimate of drug-likeness (QED) is 0.273. The van der Waals surface area contributed by atoms with E-state index in [4.69, 9.17) is 14.8 Å². The van der Waals surface area contributed by atoms with Crippen molar-refractivity contribution in [1.29, 1.82) is 0 Å². The predicted octanol–water partition coefficient (Wildman–Crippen LogP) is -2.26. The molecule has 0 radical (unpaired) electrons. The number of nitrogen functional groups attached to an aromatic ring is 1. The van der Waals surface area contributed by atoms with Crippen LogP contribution in [0.4, 0.5) is 5.69 Å². The summed E-state index contributed by atoms with van der Waals surface area (Å²) in [5.74, 6) is -0.490. The van der Waals surface area contributed by atoms with Crippen LogP contribution >= 0.6 is 0 Å². The summed E-state index contributed by atoms with van der Waals surface area (Å²) in [7, 11) is -9.62. The zero-order chi connectivity index (χ0) is 15.3. The minimum atomic E-state index is -4.84. The fourth-order valence-electron chi connectivity index (χ4n) is 1.85. The van der Waals surface area contributed by atoms with Gasteiger partial charge < -0.3 is 12.3 Å². The third-order valence-corrected chi connectivity index (χ3v) is 4.45. The van der Waals surface area contributed by atoms with E-state index in [-0.39, 0.29) is 31.1 Å². The van der Waals surface area contributed by atoms with Gasteiger partial charge in [0.15, 0.2) is 0 Å². The van der Waals surface area contributed by atoms with Crippen molar-refractivity contribution < 1.29 is 51.3 Å². The van der Waals surface area contributed by atoms with Gasteiger partial charge in [0.05, 0.1) is 5.69 Å². The summed E-state index contributed by atoms with van der Waals surface area (Å²) in [4.78, 5) is -1.70. The predicted molar refractivity (Wildman–Crippen MR) is 70.8 cm³/mol. The molecule has 11 heteroatoms. The van der Waals surface area contributed by atoms with Crippen molar-refractivity contribution in [2.24, 2.45) is 0 Å². The van der Waals surface area contributed by atoms with Crippen LogP contribution in [-0.2, 0) is 20.2 Å². The molecule has 0 aliphatic carbocycles. The van der Waals surface area contributed by atoms with Crippen LogP contribution in [0.25, 0.3) is 10.8 Å². The summed E-state index contributed by atoms with van der Waals surface area (Å²) >= 11 is 0. The molecule has 0 atom stereocenters. The zero-order valence-corrected chi connectivity index (χ0v) is 12.3. The SMILES string of the molecule is Nc1c(S(=O)(=O)O)cc(S(=O)(=O)O)c2cccc(O)c12.[H-].[Li+]. The molecular weight excluding hydrogens is 317 g/mol. The molecule has 0 bridgehead atoms. The molecule has 0 saturated carbocycles. The average molecular weight is 327 g/mol. The smallest absolute Gasteiger partial charge is 1.00 e. The van der Waals surface area contributed by atoms with E-state index < -0.39 is 41.5 Å². The van der Waals surface area contributed by atoms with E-state index in [1.165, 1.54) is 12.1 Å². The van der Waals surface area contributed by atoms with Crippen LogP contribution in [0.3, 0.4) is 0 Å². The molecular formula is C10H10LiNO7S2.